The average molecular weight is 319 g/mol. The van der Waals surface area contributed by atoms with Crippen molar-refractivity contribution in [1.82, 2.24) is 0 Å². The molecule has 0 N–H and O–H groups in total. The van der Waals surface area contributed by atoms with Crippen molar-refractivity contribution in [3.8, 4) is 0 Å². The first-order chi connectivity index (χ1) is 11.5. The molecule has 1 heterocycles. The molecule has 1 aliphatic carbocycles. The Kier molecular flexibility index (Phi) is 3.27. The highest BCUT2D eigenvalue weighted by Gasteiger charge is 2.44. The third kappa shape index (κ3) is 2.32. The van der Waals surface area contributed by atoms with Gasteiger partial charge in [-0.2, -0.15) is 0 Å². The summed E-state index contributed by atoms with van der Waals surface area (Å²) in [4.78, 5) is 14.8. The summed E-state index contributed by atoms with van der Waals surface area (Å²) in [6.07, 6.45) is 4.08. The lowest BCUT2D eigenvalue weighted by Crippen LogP contribution is -2.38. The van der Waals surface area contributed by atoms with Crippen LogP contribution in [-0.4, -0.2) is 11.7 Å². The zero-order valence-electron chi connectivity index (χ0n) is 14.2. The van der Waals surface area contributed by atoms with Crippen LogP contribution in [0.4, 0.5) is 10.5 Å². The molecule has 0 saturated carbocycles. The zero-order valence-corrected chi connectivity index (χ0v) is 14.2. The Labute approximate surface area is 142 Å². The Bertz CT molecular complexity index is 832. The van der Waals surface area contributed by atoms with E-state index < -0.39 is 5.60 Å². The lowest BCUT2D eigenvalue weighted by atomic mass is 9.83. The van der Waals surface area contributed by atoms with Gasteiger partial charge in [0.15, 0.2) is 0 Å². The van der Waals surface area contributed by atoms with Gasteiger partial charge >= 0.3 is 6.09 Å². The predicted molar refractivity (Wildman–Crippen MR) is 96.1 cm³/mol. The smallest absolute Gasteiger partial charge is 0.415 e. The summed E-state index contributed by atoms with van der Waals surface area (Å²) in [6, 6.07) is 16.3. The summed E-state index contributed by atoms with van der Waals surface area (Å²) < 4.78 is 5.71. The number of rotatable bonds is 0. The van der Waals surface area contributed by atoms with Gasteiger partial charge in [0, 0.05) is 5.92 Å². The van der Waals surface area contributed by atoms with E-state index in [-0.39, 0.29) is 18.1 Å². The second-order valence-electron chi connectivity index (χ2n) is 7.37. The Morgan fingerprint density at radius 1 is 1.00 bits per heavy atom. The molecule has 0 radical (unpaired) electrons. The Morgan fingerprint density at radius 2 is 1.67 bits per heavy atom. The summed E-state index contributed by atoms with van der Waals surface area (Å²) in [5.74, 6) is 0.170. The highest BCUT2D eigenvalue weighted by molar-refractivity contribution is 5.93. The molecule has 3 heteroatoms. The molecule has 2 aromatic carbocycles. The van der Waals surface area contributed by atoms with Crippen LogP contribution in [0.25, 0.3) is 6.08 Å². The van der Waals surface area contributed by atoms with Gasteiger partial charge in [-0.05, 0) is 43.5 Å². The number of fused-ring (bicyclic) bond motifs is 5. The molecule has 2 atom stereocenters. The van der Waals surface area contributed by atoms with Gasteiger partial charge in [-0.1, -0.05) is 54.6 Å². The number of hydrogen-bond donors (Lipinski definition) is 0. The molecule has 1 aliphatic heterocycles. The summed E-state index contributed by atoms with van der Waals surface area (Å²) in [6.45, 7) is 5.71. The number of benzene rings is 2. The Morgan fingerprint density at radius 3 is 2.42 bits per heavy atom. The first-order valence-electron chi connectivity index (χ1n) is 8.34. The van der Waals surface area contributed by atoms with E-state index in [0.29, 0.717) is 0 Å². The molecule has 0 aromatic heterocycles. The van der Waals surface area contributed by atoms with Crippen LogP contribution < -0.4 is 4.90 Å². The van der Waals surface area contributed by atoms with Crippen molar-refractivity contribution in [2.24, 2.45) is 0 Å². The molecule has 122 valence electrons. The molecule has 0 saturated heterocycles. The zero-order chi connectivity index (χ0) is 16.9. The van der Waals surface area contributed by atoms with Crippen molar-refractivity contribution in [3.63, 3.8) is 0 Å². The number of carbonyl (C=O) groups excluding carboxylic acids is 1. The van der Waals surface area contributed by atoms with Crippen LogP contribution in [0.3, 0.4) is 0 Å². The summed E-state index contributed by atoms with van der Waals surface area (Å²) in [5.41, 5.74) is 3.95. The van der Waals surface area contributed by atoms with Crippen molar-refractivity contribution in [1.29, 1.82) is 0 Å². The molecule has 0 fully saturated rings. The Hall–Kier alpha value is -2.55. The highest BCUT2D eigenvalue weighted by atomic mass is 16.6. The molecule has 0 unspecified atom stereocenters. The first-order valence-corrected chi connectivity index (χ1v) is 8.34. The molecular formula is C21H21NO2. The second kappa shape index (κ2) is 5.23. The van der Waals surface area contributed by atoms with Crippen molar-refractivity contribution >= 4 is 17.9 Å². The van der Waals surface area contributed by atoms with Gasteiger partial charge in [0.2, 0.25) is 0 Å². The van der Waals surface area contributed by atoms with Gasteiger partial charge < -0.3 is 4.74 Å². The van der Waals surface area contributed by atoms with E-state index in [1.807, 2.05) is 56.0 Å². The van der Waals surface area contributed by atoms with Crippen LogP contribution in [0.15, 0.2) is 54.6 Å². The molecule has 1 amide bonds. The average Bonchev–Trinajstić information content (AvgIpc) is 2.88. The summed E-state index contributed by atoms with van der Waals surface area (Å²) >= 11 is 0. The third-order valence-corrected chi connectivity index (χ3v) is 4.56. The number of hydrogen-bond acceptors (Lipinski definition) is 2. The quantitative estimate of drug-likeness (QED) is 0.660. The van der Waals surface area contributed by atoms with E-state index >= 15 is 0 Å². The van der Waals surface area contributed by atoms with Crippen LogP contribution in [0.5, 0.6) is 0 Å². The summed E-state index contributed by atoms with van der Waals surface area (Å²) in [7, 11) is 0. The maximum atomic E-state index is 13.0. The van der Waals surface area contributed by atoms with Crippen molar-refractivity contribution in [2.75, 3.05) is 4.90 Å². The molecule has 0 spiro atoms. The number of nitrogens with zero attached hydrogens (tertiary/aromatic N) is 1. The minimum atomic E-state index is -0.520. The normalized spacial score (nSPS) is 21.0. The van der Waals surface area contributed by atoms with Crippen molar-refractivity contribution < 1.29 is 9.53 Å². The number of amides is 1. The van der Waals surface area contributed by atoms with E-state index in [2.05, 4.69) is 30.4 Å². The fourth-order valence-corrected chi connectivity index (χ4v) is 3.67. The Balaban J connectivity index is 1.85. The van der Waals surface area contributed by atoms with E-state index in [9.17, 15) is 4.79 Å². The first kappa shape index (κ1) is 15.0. The van der Waals surface area contributed by atoms with Gasteiger partial charge in [-0.25, -0.2) is 4.79 Å². The van der Waals surface area contributed by atoms with E-state index in [0.717, 1.165) is 5.69 Å². The molecule has 2 aliphatic rings. The molecular weight excluding hydrogens is 298 g/mol. The van der Waals surface area contributed by atoms with Crippen LogP contribution in [-0.2, 0) is 4.74 Å². The van der Waals surface area contributed by atoms with Gasteiger partial charge in [0.1, 0.15) is 5.60 Å². The third-order valence-electron chi connectivity index (χ3n) is 4.56. The number of para-hydroxylation sites is 1. The molecule has 0 bridgehead atoms. The second-order valence-corrected chi connectivity index (χ2v) is 7.37. The minimum Gasteiger partial charge on any atom is -0.443 e. The minimum absolute atomic E-state index is 0.0431. The molecule has 3 nitrogen and oxygen atoms in total. The van der Waals surface area contributed by atoms with Crippen LogP contribution >= 0.6 is 0 Å². The SMILES string of the molecule is CC(C)(C)OC(=O)N1c2ccccc2[C@H]2C=Cc3ccccc3[C@H]21. The molecule has 24 heavy (non-hydrogen) atoms. The maximum Gasteiger partial charge on any atom is 0.415 e. The fourth-order valence-electron chi connectivity index (χ4n) is 3.67. The molecule has 4 rings (SSSR count). The lowest BCUT2D eigenvalue weighted by molar-refractivity contribution is 0.0567. The maximum absolute atomic E-state index is 13.0. The van der Waals surface area contributed by atoms with Gasteiger partial charge in [0.25, 0.3) is 0 Å². The highest BCUT2D eigenvalue weighted by Crippen LogP contribution is 2.52. The predicted octanol–water partition coefficient (Wildman–Crippen LogP) is 5.29. The molecule has 2 aromatic rings. The number of anilines is 1. The van der Waals surface area contributed by atoms with Gasteiger partial charge in [0.05, 0.1) is 11.7 Å². The standard InChI is InChI=1S/C21H21NO2/c1-21(2,3)24-20(23)22-18-11-7-6-10-16(18)17-13-12-14-8-4-5-9-15(14)19(17)22/h4-13,17,19H,1-3H3/t17-,19-/m1/s1. The van der Waals surface area contributed by atoms with Crippen LogP contribution in [0.2, 0.25) is 0 Å². The summed E-state index contributed by atoms with van der Waals surface area (Å²) in [5, 5.41) is 0. The van der Waals surface area contributed by atoms with Crippen LogP contribution in [0, 0.1) is 0 Å². The van der Waals surface area contributed by atoms with E-state index in [1.165, 1.54) is 16.7 Å². The van der Waals surface area contributed by atoms with E-state index in [4.69, 9.17) is 4.74 Å². The number of ether oxygens (including phenoxy) is 1. The van der Waals surface area contributed by atoms with Gasteiger partial charge in [-0.3, -0.25) is 4.90 Å². The van der Waals surface area contributed by atoms with Crippen molar-refractivity contribution in [2.45, 2.75) is 38.3 Å². The van der Waals surface area contributed by atoms with E-state index in [1.54, 1.807) is 0 Å². The topological polar surface area (TPSA) is 29.5 Å². The van der Waals surface area contributed by atoms with Gasteiger partial charge in [-0.15, -0.1) is 0 Å². The fraction of sp³-hybridized carbons (Fsp3) is 0.286. The largest absolute Gasteiger partial charge is 0.443 e. The number of carbonyl (C=O) groups is 1. The monoisotopic (exact) mass is 319 g/mol. The van der Waals surface area contributed by atoms with Crippen LogP contribution in [0.1, 0.15) is 49.4 Å². The lowest BCUT2D eigenvalue weighted by Gasteiger charge is -2.33. The van der Waals surface area contributed by atoms with Crippen molar-refractivity contribution in [3.05, 3.63) is 71.3 Å².